The molecule has 0 aromatic heterocycles. The summed E-state index contributed by atoms with van der Waals surface area (Å²) in [6.45, 7) is 7.79. The van der Waals surface area contributed by atoms with Crippen molar-refractivity contribution in [2.75, 3.05) is 26.7 Å². The summed E-state index contributed by atoms with van der Waals surface area (Å²) in [5.41, 5.74) is -0.482. The first-order valence-corrected chi connectivity index (χ1v) is 12.7. The minimum atomic E-state index is -0.922. The molecule has 3 N–H and O–H groups in total. The molecule has 0 aromatic carbocycles. The minimum absolute atomic E-state index is 0.0875. The lowest BCUT2D eigenvalue weighted by molar-refractivity contribution is -0.151. The number of piperidine rings is 1. The molecule has 1 saturated heterocycles. The highest BCUT2D eigenvalue weighted by Crippen LogP contribution is 2.39. The third kappa shape index (κ3) is 7.30. The number of amides is 2. The van der Waals surface area contributed by atoms with Crippen LogP contribution in [0.4, 0.5) is 4.79 Å². The van der Waals surface area contributed by atoms with Crippen LogP contribution in [0.15, 0.2) is 0 Å². The number of nitrogens with zero attached hydrogens (tertiary/aromatic N) is 1. The maximum Gasteiger partial charge on any atom is 0.407 e. The third-order valence-electron chi connectivity index (χ3n) is 7.75. The zero-order valence-electron chi connectivity index (χ0n) is 20.8. The number of ether oxygens (including phenoxy) is 2. The first-order chi connectivity index (χ1) is 15.6. The van der Waals surface area contributed by atoms with Gasteiger partial charge in [0.15, 0.2) is 0 Å². The fourth-order valence-corrected chi connectivity index (χ4v) is 5.97. The maximum absolute atomic E-state index is 13.1. The zero-order valence-corrected chi connectivity index (χ0v) is 20.8. The maximum atomic E-state index is 13.1. The van der Waals surface area contributed by atoms with E-state index in [-0.39, 0.29) is 17.9 Å². The highest BCUT2D eigenvalue weighted by Gasteiger charge is 2.41. The molecule has 1 heterocycles. The molecule has 33 heavy (non-hydrogen) atoms. The van der Waals surface area contributed by atoms with Crippen molar-refractivity contribution < 1.29 is 29.3 Å². The molecule has 0 bridgehead atoms. The number of rotatable bonds is 5. The first-order valence-electron chi connectivity index (χ1n) is 12.7. The number of carbonyl (C=O) groups is 2. The molecule has 6 unspecified atom stereocenters. The number of aliphatic hydroxyl groups is 2. The Labute approximate surface area is 198 Å². The molecule has 6 atom stereocenters. The quantitative estimate of drug-likeness (QED) is 0.573. The fourth-order valence-electron chi connectivity index (χ4n) is 5.97. The number of hydrogen-bond donors (Lipinski definition) is 3. The van der Waals surface area contributed by atoms with Gasteiger partial charge in [0.25, 0.3) is 0 Å². The minimum Gasteiger partial charge on any atom is -0.444 e. The average Bonchev–Trinajstić information content (AvgIpc) is 2.78. The van der Waals surface area contributed by atoms with Crippen LogP contribution in [0.2, 0.25) is 0 Å². The van der Waals surface area contributed by atoms with Crippen LogP contribution in [0.5, 0.6) is 0 Å². The summed E-state index contributed by atoms with van der Waals surface area (Å²) in [7, 11) is 1.51. The van der Waals surface area contributed by atoms with Crippen LogP contribution in [-0.2, 0) is 14.3 Å². The lowest BCUT2D eigenvalue weighted by Gasteiger charge is -2.42. The summed E-state index contributed by atoms with van der Waals surface area (Å²) in [5, 5.41) is 23.1. The van der Waals surface area contributed by atoms with Gasteiger partial charge in [-0.05, 0) is 77.0 Å². The SMILES string of the molecule is COC1CC(C(=O)N2CCC(C3CCCC(CNC(=O)OC(C)(C)C)C3)CC2)CC(O)C1O. The van der Waals surface area contributed by atoms with E-state index in [1.54, 1.807) is 0 Å². The van der Waals surface area contributed by atoms with Crippen LogP contribution >= 0.6 is 0 Å². The number of aliphatic hydroxyl groups excluding tert-OH is 2. The molecule has 1 aliphatic heterocycles. The molecule has 8 heteroatoms. The zero-order chi connectivity index (χ0) is 24.2. The van der Waals surface area contributed by atoms with Gasteiger partial charge in [-0.2, -0.15) is 0 Å². The van der Waals surface area contributed by atoms with Crippen molar-refractivity contribution in [2.24, 2.45) is 23.7 Å². The molecule has 190 valence electrons. The van der Waals surface area contributed by atoms with Gasteiger partial charge in [-0.1, -0.05) is 12.8 Å². The Bertz CT molecular complexity index is 658. The van der Waals surface area contributed by atoms with Gasteiger partial charge in [-0.3, -0.25) is 4.79 Å². The molecule has 0 radical (unpaired) electrons. The smallest absolute Gasteiger partial charge is 0.407 e. The number of alkyl carbamates (subject to hydrolysis) is 1. The van der Waals surface area contributed by atoms with Crippen LogP contribution in [-0.4, -0.2) is 77.8 Å². The molecule has 2 saturated carbocycles. The van der Waals surface area contributed by atoms with Crippen LogP contribution in [0.1, 0.15) is 72.1 Å². The summed E-state index contributed by atoms with van der Waals surface area (Å²) >= 11 is 0. The summed E-state index contributed by atoms with van der Waals surface area (Å²) in [6, 6.07) is 0. The Hall–Kier alpha value is -1.38. The highest BCUT2D eigenvalue weighted by molar-refractivity contribution is 5.79. The van der Waals surface area contributed by atoms with E-state index in [2.05, 4.69) is 5.32 Å². The summed E-state index contributed by atoms with van der Waals surface area (Å²) in [6.07, 6.45) is 4.78. The molecule has 2 aliphatic carbocycles. The molecule has 0 aromatic rings. The number of nitrogens with one attached hydrogen (secondary N) is 1. The molecule has 0 spiro atoms. The normalized spacial score (nSPS) is 34.1. The Kier molecular flexibility index (Phi) is 9.03. The number of hydrogen-bond acceptors (Lipinski definition) is 6. The van der Waals surface area contributed by atoms with Crippen LogP contribution in [0.25, 0.3) is 0 Å². The van der Waals surface area contributed by atoms with E-state index in [4.69, 9.17) is 9.47 Å². The van der Waals surface area contributed by atoms with Crippen molar-refractivity contribution in [3.8, 4) is 0 Å². The largest absolute Gasteiger partial charge is 0.444 e. The van der Waals surface area contributed by atoms with Crippen molar-refractivity contribution in [2.45, 2.75) is 96.1 Å². The van der Waals surface area contributed by atoms with Gasteiger partial charge in [0.2, 0.25) is 5.91 Å². The standard InChI is InChI=1S/C25H44N2O6/c1-25(2,3)33-24(31)26-15-16-6-5-7-18(12-16)17-8-10-27(11-9-17)23(30)19-13-20(28)22(29)21(14-19)32-4/h16-22,28-29H,5-15H2,1-4H3,(H,26,31). The van der Waals surface area contributed by atoms with Gasteiger partial charge in [-0.25, -0.2) is 4.79 Å². The monoisotopic (exact) mass is 468 g/mol. The van der Waals surface area contributed by atoms with Crippen molar-refractivity contribution in [1.82, 2.24) is 10.2 Å². The van der Waals surface area contributed by atoms with Gasteiger partial charge in [0.05, 0.1) is 12.2 Å². The van der Waals surface area contributed by atoms with E-state index < -0.39 is 23.9 Å². The molecule has 3 rings (SSSR count). The van der Waals surface area contributed by atoms with Crippen LogP contribution in [0.3, 0.4) is 0 Å². The Morgan fingerprint density at radius 3 is 2.33 bits per heavy atom. The van der Waals surface area contributed by atoms with Gasteiger partial charge in [-0.15, -0.1) is 0 Å². The highest BCUT2D eigenvalue weighted by atomic mass is 16.6. The second-order valence-electron chi connectivity index (χ2n) is 11.3. The second kappa shape index (κ2) is 11.4. The number of carbonyl (C=O) groups excluding carboxylic acids is 2. The van der Waals surface area contributed by atoms with Crippen molar-refractivity contribution in [1.29, 1.82) is 0 Å². The molecule has 3 fully saturated rings. The predicted molar refractivity (Wildman–Crippen MR) is 125 cm³/mol. The molecular weight excluding hydrogens is 424 g/mol. The van der Waals surface area contributed by atoms with E-state index in [0.717, 1.165) is 38.8 Å². The average molecular weight is 469 g/mol. The van der Waals surface area contributed by atoms with Crippen molar-refractivity contribution >= 4 is 12.0 Å². The molecule has 2 amide bonds. The van der Waals surface area contributed by atoms with Gasteiger partial charge < -0.3 is 29.9 Å². The molecule has 3 aliphatic rings. The predicted octanol–water partition coefficient (Wildman–Crippen LogP) is 2.70. The Morgan fingerprint density at radius 1 is 1.00 bits per heavy atom. The number of likely N-dealkylation sites (tertiary alicyclic amines) is 1. The van der Waals surface area contributed by atoms with Gasteiger partial charge in [0, 0.05) is 32.7 Å². The van der Waals surface area contributed by atoms with Crippen LogP contribution < -0.4 is 5.32 Å². The second-order valence-corrected chi connectivity index (χ2v) is 11.3. The summed E-state index contributed by atoms with van der Waals surface area (Å²) < 4.78 is 10.6. The lowest BCUT2D eigenvalue weighted by Crippen LogP contribution is -2.51. The Balaban J connectivity index is 1.43. The fraction of sp³-hybridized carbons (Fsp3) is 0.920. The van der Waals surface area contributed by atoms with Gasteiger partial charge in [0.1, 0.15) is 11.7 Å². The van der Waals surface area contributed by atoms with E-state index in [0.29, 0.717) is 37.1 Å². The Morgan fingerprint density at radius 2 is 1.70 bits per heavy atom. The number of methoxy groups -OCH3 is 1. The third-order valence-corrected chi connectivity index (χ3v) is 7.75. The van der Waals surface area contributed by atoms with E-state index in [1.807, 2.05) is 25.7 Å². The van der Waals surface area contributed by atoms with Gasteiger partial charge >= 0.3 is 6.09 Å². The molecular formula is C25H44N2O6. The molecule has 8 nitrogen and oxygen atoms in total. The van der Waals surface area contributed by atoms with Crippen molar-refractivity contribution in [3.05, 3.63) is 0 Å². The van der Waals surface area contributed by atoms with E-state index in [9.17, 15) is 19.8 Å². The van der Waals surface area contributed by atoms with E-state index >= 15 is 0 Å². The summed E-state index contributed by atoms with van der Waals surface area (Å²) in [4.78, 5) is 27.0. The van der Waals surface area contributed by atoms with Crippen LogP contribution in [0, 0.1) is 23.7 Å². The first kappa shape index (κ1) is 26.2. The summed E-state index contributed by atoms with van der Waals surface area (Å²) in [5.74, 6) is 1.54. The van der Waals surface area contributed by atoms with E-state index in [1.165, 1.54) is 20.0 Å². The van der Waals surface area contributed by atoms with Crippen molar-refractivity contribution in [3.63, 3.8) is 0 Å². The topological polar surface area (TPSA) is 108 Å². The lowest BCUT2D eigenvalue weighted by atomic mass is 9.72.